The van der Waals surface area contributed by atoms with Crippen LogP contribution in [0.25, 0.3) is 0 Å². The van der Waals surface area contributed by atoms with Crippen LogP contribution in [0.5, 0.6) is 0 Å². The normalized spacial score (nSPS) is 27.7. The molecule has 4 nitrogen and oxygen atoms in total. The molecule has 1 amide bonds. The summed E-state index contributed by atoms with van der Waals surface area (Å²) in [5.41, 5.74) is 0. The van der Waals surface area contributed by atoms with Crippen LogP contribution in [0.2, 0.25) is 0 Å². The number of halogens is 4. The van der Waals surface area contributed by atoms with Crippen molar-refractivity contribution in [3.63, 3.8) is 0 Å². The third-order valence-electron chi connectivity index (χ3n) is 4.47. The Balaban J connectivity index is 2.09. The first-order chi connectivity index (χ1) is 11.3. The van der Waals surface area contributed by atoms with E-state index < -0.39 is 18.1 Å². The van der Waals surface area contributed by atoms with Gasteiger partial charge in [0.05, 0.1) is 6.61 Å². The Kier molecular flexibility index (Phi) is 6.40. The molecule has 0 spiro atoms. The minimum absolute atomic E-state index is 0.0388. The lowest BCUT2D eigenvalue weighted by Gasteiger charge is -2.40. The number of carbonyl (C=O) groups is 1. The van der Waals surface area contributed by atoms with Gasteiger partial charge in [0.25, 0.3) is 0 Å². The van der Waals surface area contributed by atoms with E-state index in [4.69, 9.17) is 4.74 Å². The molecule has 0 saturated carbocycles. The van der Waals surface area contributed by atoms with Crippen molar-refractivity contribution in [3.8, 4) is 0 Å². The first-order valence-corrected chi connectivity index (χ1v) is 7.97. The van der Waals surface area contributed by atoms with Gasteiger partial charge in [0.15, 0.2) is 0 Å². The number of hydrogen-bond donors (Lipinski definition) is 1. The number of ether oxygens (including phenoxy) is 1. The summed E-state index contributed by atoms with van der Waals surface area (Å²) in [5, 5.41) is 3.23. The van der Waals surface area contributed by atoms with Crippen molar-refractivity contribution in [1.29, 1.82) is 0 Å². The molecule has 1 fully saturated rings. The molecule has 1 N–H and O–H groups in total. The number of hydrogen-bond acceptors (Lipinski definition) is 3. The molecule has 136 valence electrons. The number of rotatable bonds is 5. The lowest BCUT2D eigenvalue weighted by atomic mass is 9.85. The highest BCUT2D eigenvalue weighted by Gasteiger charge is 2.45. The second-order valence-corrected chi connectivity index (χ2v) is 6.08. The van der Waals surface area contributed by atoms with Crippen LogP contribution < -0.4 is 5.32 Å². The van der Waals surface area contributed by atoms with Gasteiger partial charge in [-0.2, -0.15) is 13.2 Å². The fraction of sp³-hybridized carbons (Fsp3) is 0.688. The van der Waals surface area contributed by atoms with Crippen LogP contribution >= 0.6 is 0 Å². The summed E-state index contributed by atoms with van der Waals surface area (Å²) in [6, 6.07) is -0.701. The van der Waals surface area contributed by atoms with Crippen LogP contribution in [0.3, 0.4) is 0 Å². The number of piperidine rings is 1. The summed E-state index contributed by atoms with van der Waals surface area (Å²) in [6.45, 7) is 0.414. The summed E-state index contributed by atoms with van der Waals surface area (Å²) in [4.78, 5) is 12.6. The number of nitrogens with zero attached hydrogens (tertiary/aromatic N) is 1. The molecule has 1 aliphatic heterocycles. The standard InChI is InChI=1S/C16H22F4N2O2/c1-24-8-7-22(15(23)16(18,19)20)13-5-6-21-14(10-13)11-3-2-4-12(17)9-11/h2,4,9,11,13-14,21H,3,5-8,10H2,1H3/t11?,13-,14+/m1/s1. The van der Waals surface area contributed by atoms with Crippen molar-refractivity contribution < 1.29 is 27.1 Å². The minimum atomic E-state index is -4.91. The van der Waals surface area contributed by atoms with E-state index in [9.17, 15) is 22.4 Å². The number of methoxy groups -OCH3 is 1. The van der Waals surface area contributed by atoms with Crippen molar-refractivity contribution in [1.82, 2.24) is 10.2 Å². The number of nitrogens with one attached hydrogen (secondary N) is 1. The predicted octanol–water partition coefficient (Wildman–Crippen LogP) is 2.57. The predicted molar refractivity (Wildman–Crippen MR) is 80.9 cm³/mol. The zero-order valence-electron chi connectivity index (χ0n) is 13.5. The molecule has 8 heteroatoms. The molecule has 0 bridgehead atoms. The largest absolute Gasteiger partial charge is 0.471 e. The summed E-state index contributed by atoms with van der Waals surface area (Å²) < 4.78 is 56.9. The molecule has 1 saturated heterocycles. The van der Waals surface area contributed by atoms with Crippen LogP contribution in [-0.4, -0.2) is 55.9 Å². The first-order valence-electron chi connectivity index (χ1n) is 7.97. The molecule has 3 atom stereocenters. The van der Waals surface area contributed by atoms with Gasteiger partial charge in [0, 0.05) is 25.7 Å². The number of amides is 1. The number of allylic oxidation sites excluding steroid dienone is 3. The van der Waals surface area contributed by atoms with Gasteiger partial charge in [-0.05, 0) is 43.9 Å². The summed E-state index contributed by atoms with van der Waals surface area (Å²) >= 11 is 0. The average molecular weight is 350 g/mol. The Bertz CT molecular complexity index is 505. The zero-order chi connectivity index (χ0) is 17.7. The fourth-order valence-electron chi connectivity index (χ4n) is 3.29. The minimum Gasteiger partial charge on any atom is -0.383 e. The van der Waals surface area contributed by atoms with Crippen LogP contribution in [0.1, 0.15) is 19.3 Å². The molecule has 1 unspecified atom stereocenters. The van der Waals surface area contributed by atoms with E-state index in [2.05, 4.69) is 5.32 Å². The van der Waals surface area contributed by atoms with E-state index in [-0.39, 0.29) is 30.9 Å². The van der Waals surface area contributed by atoms with Crippen molar-refractivity contribution in [2.24, 2.45) is 5.92 Å². The van der Waals surface area contributed by atoms with Gasteiger partial charge < -0.3 is 15.0 Å². The maximum atomic E-state index is 13.4. The topological polar surface area (TPSA) is 41.6 Å². The molecule has 2 aliphatic rings. The molecule has 1 heterocycles. The highest BCUT2D eigenvalue weighted by atomic mass is 19.4. The van der Waals surface area contributed by atoms with Gasteiger partial charge >= 0.3 is 12.1 Å². The average Bonchev–Trinajstić information content (AvgIpc) is 2.54. The first kappa shape index (κ1) is 18.9. The Morgan fingerprint density at radius 1 is 1.46 bits per heavy atom. The second kappa shape index (κ2) is 8.11. The molecule has 1 aliphatic carbocycles. The van der Waals surface area contributed by atoms with Crippen molar-refractivity contribution in [2.45, 2.75) is 37.5 Å². The summed E-state index contributed by atoms with van der Waals surface area (Å²) in [6.07, 6.45) is 1.09. The third kappa shape index (κ3) is 4.80. The van der Waals surface area contributed by atoms with E-state index >= 15 is 0 Å². The molecule has 0 aromatic carbocycles. The van der Waals surface area contributed by atoms with Crippen molar-refractivity contribution >= 4 is 5.91 Å². The van der Waals surface area contributed by atoms with Gasteiger partial charge in [-0.15, -0.1) is 0 Å². The fourth-order valence-corrected chi connectivity index (χ4v) is 3.29. The van der Waals surface area contributed by atoms with Crippen LogP contribution in [0, 0.1) is 5.92 Å². The van der Waals surface area contributed by atoms with Gasteiger partial charge in [-0.25, -0.2) is 4.39 Å². The smallest absolute Gasteiger partial charge is 0.383 e. The maximum absolute atomic E-state index is 13.4. The molecule has 24 heavy (non-hydrogen) atoms. The Hall–Kier alpha value is -1.41. The highest BCUT2D eigenvalue weighted by molar-refractivity contribution is 5.82. The van der Waals surface area contributed by atoms with Crippen LogP contribution in [0.4, 0.5) is 17.6 Å². The second-order valence-electron chi connectivity index (χ2n) is 6.08. The number of alkyl halides is 3. The lowest BCUT2D eigenvalue weighted by Crippen LogP contribution is -2.55. The molecular weight excluding hydrogens is 328 g/mol. The van der Waals surface area contributed by atoms with Crippen molar-refractivity contribution in [3.05, 3.63) is 24.1 Å². The van der Waals surface area contributed by atoms with Crippen LogP contribution in [0.15, 0.2) is 24.1 Å². The van der Waals surface area contributed by atoms with Crippen LogP contribution in [-0.2, 0) is 9.53 Å². The third-order valence-corrected chi connectivity index (χ3v) is 4.47. The molecule has 0 radical (unpaired) electrons. The van der Waals surface area contributed by atoms with E-state index in [1.807, 2.05) is 0 Å². The maximum Gasteiger partial charge on any atom is 0.471 e. The van der Waals surface area contributed by atoms with Gasteiger partial charge in [-0.3, -0.25) is 4.79 Å². The van der Waals surface area contributed by atoms with E-state index in [0.717, 1.165) is 4.90 Å². The Labute approximate surface area is 138 Å². The van der Waals surface area contributed by atoms with E-state index in [1.165, 1.54) is 19.3 Å². The van der Waals surface area contributed by atoms with Gasteiger partial charge in [-0.1, -0.05) is 6.08 Å². The van der Waals surface area contributed by atoms with E-state index in [0.29, 0.717) is 25.8 Å². The van der Waals surface area contributed by atoms with Crippen molar-refractivity contribution in [2.75, 3.05) is 26.8 Å². The molecule has 0 aromatic heterocycles. The van der Waals surface area contributed by atoms with E-state index in [1.54, 1.807) is 6.08 Å². The molecular formula is C16H22F4N2O2. The van der Waals surface area contributed by atoms with Gasteiger partial charge in [0.2, 0.25) is 0 Å². The summed E-state index contributed by atoms with van der Waals surface area (Å²) in [5.74, 6) is -2.30. The SMILES string of the molecule is COCCN(C(=O)C(F)(F)F)[C@@H]1CCN[C@H](C2C=C(F)C=CC2)C1. The summed E-state index contributed by atoms with van der Waals surface area (Å²) in [7, 11) is 1.38. The molecule has 0 aromatic rings. The quantitative estimate of drug-likeness (QED) is 0.775. The lowest BCUT2D eigenvalue weighted by molar-refractivity contribution is -0.189. The molecule has 2 rings (SSSR count). The Morgan fingerprint density at radius 2 is 2.21 bits per heavy atom. The van der Waals surface area contributed by atoms with Gasteiger partial charge in [0.1, 0.15) is 5.83 Å². The Morgan fingerprint density at radius 3 is 2.83 bits per heavy atom. The monoisotopic (exact) mass is 350 g/mol. The number of carbonyl (C=O) groups excluding carboxylic acids is 1. The highest BCUT2D eigenvalue weighted by Crippen LogP contribution is 2.29. The zero-order valence-corrected chi connectivity index (χ0v) is 13.5.